The van der Waals surface area contributed by atoms with E-state index in [0.29, 0.717) is 6.47 Å². The molecule has 0 fully saturated rings. The quantitative estimate of drug-likeness (QED) is 0.329. The van der Waals surface area contributed by atoms with Crippen LogP contribution >= 0.6 is 0 Å². The lowest BCUT2D eigenvalue weighted by atomic mass is 10.1. The second-order valence-electron chi connectivity index (χ2n) is 3.65. The Morgan fingerprint density at radius 2 is 1.90 bits per heavy atom. The number of carbonyl (C=O) groups is 2. The van der Waals surface area contributed by atoms with E-state index < -0.39 is 33.3 Å². The van der Waals surface area contributed by atoms with Gasteiger partial charge in [-0.25, -0.2) is 0 Å². The average Bonchev–Trinajstić information content (AvgIpc) is 2.84. The van der Waals surface area contributed by atoms with Crippen molar-refractivity contribution in [3.63, 3.8) is 0 Å². The van der Waals surface area contributed by atoms with E-state index in [0.717, 1.165) is 13.2 Å². The highest BCUT2D eigenvalue weighted by molar-refractivity contribution is 7.87. The van der Waals surface area contributed by atoms with Crippen LogP contribution in [0, 0.1) is 5.92 Å². The first-order valence-electron chi connectivity index (χ1n) is 5.33. The molecule has 1 aliphatic rings. The summed E-state index contributed by atoms with van der Waals surface area (Å²) in [5.74, 6) is -1.71. The Morgan fingerprint density at radius 3 is 2.29 bits per heavy atom. The molecule has 11 heteroatoms. The van der Waals surface area contributed by atoms with Crippen LogP contribution in [0.1, 0.15) is 12.8 Å². The van der Waals surface area contributed by atoms with E-state index in [1.807, 2.05) is 0 Å². The standard InChI is InChI=1S/C8H9F3O5S.C2H4O2/c1-15-7(12)5-2-3-6(4-5)16-17(13,14)8(9,10)11;1-4-2-3/h3,5H,2,4H2,1H3;2H,1H3. The van der Waals surface area contributed by atoms with E-state index in [1.54, 1.807) is 0 Å². The third-order valence-corrected chi connectivity index (χ3v) is 3.21. The number of hydrogen-bond acceptors (Lipinski definition) is 7. The first-order chi connectivity index (χ1) is 9.59. The number of hydrogen-bond donors (Lipinski definition) is 0. The van der Waals surface area contributed by atoms with Crippen molar-refractivity contribution in [2.24, 2.45) is 5.92 Å². The van der Waals surface area contributed by atoms with Crippen LogP contribution in [-0.2, 0) is 33.4 Å². The minimum Gasteiger partial charge on any atom is -0.471 e. The van der Waals surface area contributed by atoms with Crippen LogP contribution in [0.4, 0.5) is 13.2 Å². The van der Waals surface area contributed by atoms with Crippen molar-refractivity contribution in [1.29, 1.82) is 0 Å². The van der Waals surface area contributed by atoms with Crippen LogP contribution in [0.5, 0.6) is 0 Å². The summed E-state index contributed by atoms with van der Waals surface area (Å²) in [6, 6.07) is 0. The fraction of sp³-hybridized carbons (Fsp3) is 0.600. The molecule has 1 atom stereocenters. The highest BCUT2D eigenvalue weighted by Gasteiger charge is 2.49. The van der Waals surface area contributed by atoms with Gasteiger partial charge in [-0.2, -0.15) is 21.6 Å². The van der Waals surface area contributed by atoms with Gasteiger partial charge in [0.05, 0.1) is 20.1 Å². The maximum absolute atomic E-state index is 12.0. The summed E-state index contributed by atoms with van der Waals surface area (Å²) in [6.07, 6.45) is 1.00. The summed E-state index contributed by atoms with van der Waals surface area (Å²) in [5.41, 5.74) is -5.48. The molecule has 0 aromatic rings. The minimum atomic E-state index is -5.66. The van der Waals surface area contributed by atoms with Gasteiger partial charge in [-0.05, 0) is 12.5 Å². The lowest BCUT2D eigenvalue weighted by Gasteiger charge is -2.11. The van der Waals surface area contributed by atoms with Gasteiger partial charge in [0.1, 0.15) is 5.76 Å². The second kappa shape index (κ2) is 7.86. The first kappa shape index (κ1) is 19.2. The topological polar surface area (TPSA) is 96.0 Å². The first-order valence-corrected chi connectivity index (χ1v) is 6.74. The minimum absolute atomic E-state index is 0.0926. The molecule has 21 heavy (non-hydrogen) atoms. The molecule has 0 N–H and O–H groups in total. The fourth-order valence-corrected chi connectivity index (χ4v) is 1.80. The number of alkyl halides is 3. The van der Waals surface area contributed by atoms with Crippen LogP contribution in [0.15, 0.2) is 11.8 Å². The van der Waals surface area contributed by atoms with Gasteiger partial charge in [-0.1, -0.05) is 0 Å². The van der Waals surface area contributed by atoms with E-state index in [4.69, 9.17) is 4.79 Å². The summed E-state index contributed by atoms with van der Waals surface area (Å²) in [7, 11) is -3.21. The molecule has 0 spiro atoms. The Bertz CT molecular complexity index is 495. The highest BCUT2D eigenvalue weighted by Crippen LogP contribution is 2.32. The third-order valence-electron chi connectivity index (χ3n) is 2.21. The summed E-state index contributed by atoms with van der Waals surface area (Å²) in [6.45, 7) is 0.375. The van der Waals surface area contributed by atoms with E-state index in [1.165, 1.54) is 7.11 Å². The maximum Gasteiger partial charge on any atom is 0.534 e. The predicted octanol–water partition coefficient (Wildman–Crippen LogP) is 1.11. The van der Waals surface area contributed by atoms with Gasteiger partial charge >= 0.3 is 21.6 Å². The van der Waals surface area contributed by atoms with Gasteiger partial charge in [0.15, 0.2) is 0 Å². The molecule has 0 saturated carbocycles. The van der Waals surface area contributed by atoms with Crippen molar-refractivity contribution in [3.8, 4) is 0 Å². The van der Waals surface area contributed by atoms with Crippen LogP contribution in [0.25, 0.3) is 0 Å². The van der Waals surface area contributed by atoms with Crippen LogP contribution in [0.3, 0.4) is 0 Å². The summed E-state index contributed by atoms with van der Waals surface area (Å²) in [5, 5.41) is 0. The zero-order chi connectivity index (χ0) is 16.7. The van der Waals surface area contributed by atoms with Gasteiger partial charge in [0.2, 0.25) is 0 Å². The number of ether oxygens (including phenoxy) is 2. The second-order valence-corrected chi connectivity index (χ2v) is 5.18. The zero-order valence-electron chi connectivity index (χ0n) is 11.0. The van der Waals surface area contributed by atoms with Gasteiger partial charge in [-0.3, -0.25) is 9.59 Å². The zero-order valence-corrected chi connectivity index (χ0v) is 11.9. The smallest absolute Gasteiger partial charge is 0.471 e. The number of carbonyl (C=O) groups excluding carboxylic acids is 2. The van der Waals surface area contributed by atoms with Gasteiger partial charge in [0, 0.05) is 6.42 Å². The molecule has 0 aliphatic heterocycles. The number of halogens is 3. The third kappa shape index (κ3) is 6.02. The van der Waals surface area contributed by atoms with E-state index in [-0.39, 0.29) is 12.8 Å². The molecule has 0 aromatic heterocycles. The normalized spacial score (nSPS) is 18.0. The van der Waals surface area contributed by atoms with E-state index >= 15 is 0 Å². The molecular formula is C10H13F3O7S. The van der Waals surface area contributed by atoms with E-state index in [2.05, 4.69) is 13.7 Å². The maximum atomic E-state index is 12.0. The molecule has 122 valence electrons. The molecule has 0 saturated heterocycles. The highest BCUT2D eigenvalue weighted by atomic mass is 32.2. The summed E-state index contributed by atoms with van der Waals surface area (Å²) < 4.78 is 69.4. The fourth-order valence-electron chi connectivity index (χ4n) is 1.29. The molecule has 1 aliphatic carbocycles. The van der Waals surface area contributed by atoms with Crippen molar-refractivity contribution >= 4 is 22.6 Å². The monoisotopic (exact) mass is 334 g/mol. The molecule has 1 rings (SSSR count). The molecule has 0 heterocycles. The average molecular weight is 334 g/mol. The van der Waals surface area contributed by atoms with Crippen molar-refractivity contribution < 1.29 is 44.8 Å². The van der Waals surface area contributed by atoms with Crippen LogP contribution < -0.4 is 0 Å². The van der Waals surface area contributed by atoms with E-state index in [9.17, 15) is 26.4 Å². The SMILES string of the molecule is COC(=O)C1CC=C(OS(=O)(=O)C(F)(F)F)C1.COC=O. The van der Waals surface area contributed by atoms with Crippen molar-refractivity contribution in [1.82, 2.24) is 0 Å². The van der Waals surface area contributed by atoms with Crippen molar-refractivity contribution in [3.05, 3.63) is 11.8 Å². The number of allylic oxidation sites excluding steroid dienone is 2. The lowest BCUT2D eigenvalue weighted by Crippen LogP contribution is -2.25. The molecule has 0 radical (unpaired) electrons. The van der Waals surface area contributed by atoms with Crippen molar-refractivity contribution in [2.45, 2.75) is 18.3 Å². The van der Waals surface area contributed by atoms with Gasteiger partial charge < -0.3 is 13.7 Å². The molecule has 1 unspecified atom stereocenters. The Labute approximate surface area is 118 Å². The number of rotatable bonds is 4. The Morgan fingerprint density at radius 1 is 1.38 bits per heavy atom. The summed E-state index contributed by atoms with van der Waals surface area (Å²) >= 11 is 0. The number of methoxy groups -OCH3 is 2. The molecular weight excluding hydrogens is 321 g/mol. The molecule has 0 aromatic carbocycles. The largest absolute Gasteiger partial charge is 0.534 e. The van der Waals surface area contributed by atoms with Crippen LogP contribution in [0.2, 0.25) is 0 Å². The van der Waals surface area contributed by atoms with Gasteiger partial charge in [-0.15, -0.1) is 0 Å². The Balaban J connectivity index is 0.000000885. The van der Waals surface area contributed by atoms with Gasteiger partial charge in [0.25, 0.3) is 6.47 Å². The lowest BCUT2D eigenvalue weighted by molar-refractivity contribution is -0.145. The number of esters is 1. The Kier molecular flexibility index (Phi) is 7.19. The Hall–Kier alpha value is -1.78. The molecule has 0 amide bonds. The van der Waals surface area contributed by atoms with Crippen LogP contribution in [-0.4, -0.2) is 40.6 Å². The molecule has 0 bridgehead atoms. The van der Waals surface area contributed by atoms with Crippen molar-refractivity contribution in [2.75, 3.05) is 14.2 Å². The predicted molar refractivity (Wildman–Crippen MR) is 62.0 cm³/mol. The molecule has 7 nitrogen and oxygen atoms in total. The summed E-state index contributed by atoms with van der Waals surface area (Å²) in [4.78, 5) is 20.0.